The van der Waals surface area contributed by atoms with Crippen LogP contribution in [-0.2, 0) is 22.7 Å². The zero-order valence-electron chi connectivity index (χ0n) is 23.7. The zero-order valence-corrected chi connectivity index (χ0v) is 23.7. The number of hydrogen-bond acceptors (Lipinski definition) is 7. The quantitative estimate of drug-likeness (QED) is 0.147. The Hall–Kier alpha value is -5.24. The standard InChI is InChI=1S/C35H31NO7/c1-2-40-29-19-25(13-15-28(29)43-22-24-11-7-4-8-12-24)32-31(33(37)26-14-16-27-30(20-26)42-18-17-41-27)34(38)35(39)36(32)21-23-9-5-3-6-10-23/h3-16,19-20,32,37H,2,17-18,21-22H2,1H3/b33-31+/t32-/m1/s1. The topological polar surface area (TPSA) is 94.5 Å². The molecule has 0 saturated carbocycles. The van der Waals surface area contributed by atoms with Crippen molar-refractivity contribution in [1.82, 2.24) is 4.90 Å². The zero-order chi connectivity index (χ0) is 29.8. The van der Waals surface area contributed by atoms with Gasteiger partial charge in [0.25, 0.3) is 11.7 Å². The Morgan fingerprint density at radius 3 is 2.23 bits per heavy atom. The maximum atomic E-state index is 13.6. The van der Waals surface area contributed by atoms with Crippen molar-refractivity contribution < 1.29 is 33.6 Å². The van der Waals surface area contributed by atoms with Gasteiger partial charge in [0.1, 0.15) is 25.6 Å². The van der Waals surface area contributed by atoms with Gasteiger partial charge in [-0.3, -0.25) is 9.59 Å². The smallest absolute Gasteiger partial charge is 0.295 e. The summed E-state index contributed by atoms with van der Waals surface area (Å²) in [6.07, 6.45) is 0. The number of nitrogens with zero attached hydrogens (tertiary/aromatic N) is 1. The molecule has 8 nitrogen and oxygen atoms in total. The Bertz CT molecular complexity index is 1670. The highest BCUT2D eigenvalue weighted by molar-refractivity contribution is 6.46. The summed E-state index contributed by atoms with van der Waals surface area (Å²) in [7, 11) is 0. The van der Waals surface area contributed by atoms with Gasteiger partial charge in [-0.2, -0.15) is 0 Å². The molecular formula is C35H31NO7. The maximum absolute atomic E-state index is 13.6. The van der Waals surface area contributed by atoms with Crippen molar-refractivity contribution in [2.45, 2.75) is 26.1 Å². The summed E-state index contributed by atoms with van der Waals surface area (Å²) in [5, 5.41) is 11.6. The molecule has 8 heteroatoms. The van der Waals surface area contributed by atoms with Crippen LogP contribution < -0.4 is 18.9 Å². The van der Waals surface area contributed by atoms with Gasteiger partial charge >= 0.3 is 0 Å². The molecule has 1 fully saturated rings. The second-order valence-corrected chi connectivity index (χ2v) is 10.2. The monoisotopic (exact) mass is 577 g/mol. The number of Topliss-reactive ketones (excluding diaryl/α,β-unsaturated/α-hetero) is 1. The lowest BCUT2D eigenvalue weighted by molar-refractivity contribution is -0.140. The van der Waals surface area contributed by atoms with Crippen LogP contribution >= 0.6 is 0 Å². The van der Waals surface area contributed by atoms with Crippen molar-refractivity contribution in [3.63, 3.8) is 0 Å². The van der Waals surface area contributed by atoms with E-state index in [9.17, 15) is 14.7 Å². The van der Waals surface area contributed by atoms with Crippen molar-refractivity contribution >= 4 is 17.4 Å². The highest BCUT2D eigenvalue weighted by Crippen LogP contribution is 2.44. The summed E-state index contributed by atoms with van der Waals surface area (Å²) in [6, 6.07) is 28.6. The molecular weight excluding hydrogens is 546 g/mol. The maximum Gasteiger partial charge on any atom is 0.295 e. The lowest BCUT2D eigenvalue weighted by Gasteiger charge is -2.26. The first-order valence-corrected chi connectivity index (χ1v) is 14.2. The average Bonchev–Trinajstić information content (AvgIpc) is 3.29. The van der Waals surface area contributed by atoms with Gasteiger partial charge in [-0.05, 0) is 53.9 Å². The van der Waals surface area contributed by atoms with E-state index >= 15 is 0 Å². The van der Waals surface area contributed by atoms with E-state index in [2.05, 4.69) is 0 Å². The van der Waals surface area contributed by atoms with E-state index in [-0.39, 0.29) is 17.9 Å². The van der Waals surface area contributed by atoms with Gasteiger partial charge in [0.15, 0.2) is 23.0 Å². The van der Waals surface area contributed by atoms with Crippen LogP contribution in [0.1, 0.15) is 35.2 Å². The summed E-state index contributed by atoms with van der Waals surface area (Å²) in [4.78, 5) is 28.6. The first-order valence-electron chi connectivity index (χ1n) is 14.2. The largest absolute Gasteiger partial charge is 0.507 e. The van der Waals surface area contributed by atoms with E-state index in [0.29, 0.717) is 60.6 Å². The molecule has 2 aliphatic rings. The van der Waals surface area contributed by atoms with E-state index in [1.165, 1.54) is 4.90 Å². The van der Waals surface area contributed by atoms with Crippen LogP contribution in [0.4, 0.5) is 0 Å². The van der Waals surface area contributed by atoms with E-state index in [4.69, 9.17) is 18.9 Å². The number of fused-ring (bicyclic) bond motifs is 1. The summed E-state index contributed by atoms with van der Waals surface area (Å²) >= 11 is 0. The molecule has 0 bridgehead atoms. The second-order valence-electron chi connectivity index (χ2n) is 10.2. The fraction of sp³-hybridized carbons (Fsp3) is 0.200. The number of aliphatic hydroxyl groups excluding tert-OH is 1. The van der Waals surface area contributed by atoms with Gasteiger partial charge < -0.3 is 29.0 Å². The number of hydrogen-bond donors (Lipinski definition) is 1. The third kappa shape index (κ3) is 5.77. The highest BCUT2D eigenvalue weighted by Gasteiger charge is 2.46. The lowest BCUT2D eigenvalue weighted by Crippen LogP contribution is -2.29. The van der Waals surface area contributed by atoms with Crippen molar-refractivity contribution in [3.8, 4) is 23.0 Å². The molecule has 43 heavy (non-hydrogen) atoms. The van der Waals surface area contributed by atoms with Crippen molar-refractivity contribution in [2.24, 2.45) is 0 Å². The third-order valence-electron chi connectivity index (χ3n) is 7.37. The normalized spacial score (nSPS) is 17.1. The molecule has 1 amide bonds. The van der Waals surface area contributed by atoms with E-state index < -0.39 is 17.7 Å². The minimum atomic E-state index is -0.879. The average molecular weight is 578 g/mol. The first-order chi connectivity index (χ1) is 21.0. The molecule has 0 aromatic heterocycles. The van der Waals surface area contributed by atoms with Crippen LogP contribution in [0.5, 0.6) is 23.0 Å². The van der Waals surface area contributed by atoms with Crippen LogP contribution in [0, 0.1) is 0 Å². The minimum Gasteiger partial charge on any atom is -0.507 e. The summed E-state index contributed by atoms with van der Waals surface area (Å²) < 4.78 is 23.4. The summed E-state index contributed by atoms with van der Waals surface area (Å²) in [5.74, 6) is 0.256. The summed E-state index contributed by atoms with van der Waals surface area (Å²) in [6.45, 7) is 3.57. The van der Waals surface area contributed by atoms with Crippen LogP contribution in [0.2, 0.25) is 0 Å². The fourth-order valence-corrected chi connectivity index (χ4v) is 5.33. The molecule has 1 saturated heterocycles. The number of ketones is 1. The predicted molar refractivity (Wildman–Crippen MR) is 160 cm³/mol. The van der Waals surface area contributed by atoms with Crippen LogP contribution in [0.3, 0.4) is 0 Å². The van der Waals surface area contributed by atoms with E-state index in [1.54, 1.807) is 36.4 Å². The highest BCUT2D eigenvalue weighted by atomic mass is 16.6. The molecule has 2 aliphatic heterocycles. The molecule has 0 aliphatic carbocycles. The Morgan fingerprint density at radius 2 is 1.51 bits per heavy atom. The number of ether oxygens (including phenoxy) is 4. The number of likely N-dealkylation sites (tertiary alicyclic amines) is 1. The molecule has 0 spiro atoms. The Morgan fingerprint density at radius 1 is 0.814 bits per heavy atom. The molecule has 4 aromatic rings. The first kappa shape index (κ1) is 27.9. The van der Waals surface area contributed by atoms with E-state index in [1.807, 2.05) is 67.6 Å². The number of carbonyl (C=O) groups is 2. The van der Waals surface area contributed by atoms with Crippen LogP contribution in [-0.4, -0.2) is 41.5 Å². The Labute approximate surface area is 249 Å². The minimum absolute atomic E-state index is 0.0157. The van der Waals surface area contributed by atoms with Gasteiger partial charge in [-0.25, -0.2) is 0 Å². The number of rotatable bonds is 9. The molecule has 1 N–H and O–H groups in total. The predicted octanol–water partition coefficient (Wildman–Crippen LogP) is 6.06. The van der Waals surface area contributed by atoms with Gasteiger partial charge in [-0.15, -0.1) is 0 Å². The van der Waals surface area contributed by atoms with Crippen LogP contribution in [0.15, 0.2) is 103 Å². The van der Waals surface area contributed by atoms with Crippen molar-refractivity contribution in [1.29, 1.82) is 0 Å². The second kappa shape index (κ2) is 12.3. The number of carbonyl (C=O) groups excluding carboxylic acids is 2. The van der Waals surface area contributed by atoms with Crippen molar-refractivity contribution in [2.75, 3.05) is 19.8 Å². The number of benzene rings is 4. The SMILES string of the molecule is CCOc1cc([C@@H]2/C(=C(\O)c3ccc4c(c3)OCCO4)C(=O)C(=O)N2Cc2ccccc2)ccc1OCc1ccccc1. The molecule has 1 atom stereocenters. The fourth-order valence-electron chi connectivity index (χ4n) is 5.33. The number of amides is 1. The van der Waals surface area contributed by atoms with Gasteiger partial charge in [0.2, 0.25) is 0 Å². The van der Waals surface area contributed by atoms with Gasteiger partial charge in [-0.1, -0.05) is 66.7 Å². The summed E-state index contributed by atoms with van der Waals surface area (Å²) in [5.41, 5.74) is 2.79. The molecule has 0 radical (unpaired) electrons. The molecule has 218 valence electrons. The van der Waals surface area contributed by atoms with Crippen molar-refractivity contribution in [3.05, 3.63) is 125 Å². The van der Waals surface area contributed by atoms with Gasteiger partial charge in [0.05, 0.1) is 18.2 Å². The molecule has 6 rings (SSSR count). The number of aliphatic hydroxyl groups is 1. The lowest BCUT2D eigenvalue weighted by atomic mass is 9.94. The molecule has 4 aromatic carbocycles. The molecule has 2 heterocycles. The van der Waals surface area contributed by atoms with E-state index in [0.717, 1.165) is 11.1 Å². The Balaban J connectivity index is 1.43. The Kier molecular flexibility index (Phi) is 8.00. The van der Waals surface area contributed by atoms with Gasteiger partial charge in [0, 0.05) is 12.1 Å². The molecule has 0 unspecified atom stereocenters. The van der Waals surface area contributed by atoms with Crippen LogP contribution in [0.25, 0.3) is 5.76 Å². The third-order valence-corrected chi connectivity index (χ3v) is 7.37.